The van der Waals surface area contributed by atoms with Gasteiger partial charge in [-0.2, -0.15) is 0 Å². The monoisotopic (exact) mass is 154 g/mol. The minimum Gasteiger partial charge on any atom is -0.356 e. The molecule has 1 aliphatic heterocycles. The van der Waals surface area contributed by atoms with Crippen LogP contribution < -0.4 is 10.6 Å². The Bertz CT molecular complexity index is 245. The quantitative estimate of drug-likeness (QED) is 0.219. The van der Waals surface area contributed by atoms with Crippen LogP contribution in [0.2, 0.25) is 0 Å². The number of carbonyl (C=O) groups is 2. The SMILES string of the molecule is C=C=C1C(=O)NC(O)NC1=O. The lowest BCUT2D eigenvalue weighted by Gasteiger charge is -2.19. The van der Waals surface area contributed by atoms with Gasteiger partial charge in [-0.15, -0.1) is 5.73 Å². The van der Waals surface area contributed by atoms with E-state index in [-0.39, 0.29) is 5.57 Å². The maximum absolute atomic E-state index is 10.8. The van der Waals surface area contributed by atoms with Crippen molar-refractivity contribution in [3.63, 3.8) is 0 Å². The summed E-state index contributed by atoms with van der Waals surface area (Å²) < 4.78 is 0. The molecule has 5 heteroatoms. The van der Waals surface area contributed by atoms with Crippen molar-refractivity contribution in [3.05, 3.63) is 17.9 Å². The minimum atomic E-state index is -1.31. The topological polar surface area (TPSA) is 78.4 Å². The number of amides is 2. The number of aliphatic hydroxyl groups excluding tert-OH is 1. The van der Waals surface area contributed by atoms with Crippen molar-refractivity contribution in [1.82, 2.24) is 10.6 Å². The van der Waals surface area contributed by atoms with Crippen molar-refractivity contribution in [3.8, 4) is 0 Å². The first kappa shape index (κ1) is 7.53. The van der Waals surface area contributed by atoms with E-state index in [0.717, 1.165) is 0 Å². The number of hydrogen-bond acceptors (Lipinski definition) is 3. The average molecular weight is 154 g/mol. The van der Waals surface area contributed by atoms with Gasteiger partial charge >= 0.3 is 0 Å². The Morgan fingerprint density at radius 2 is 1.82 bits per heavy atom. The Balaban J connectivity index is 2.93. The van der Waals surface area contributed by atoms with E-state index in [4.69, 9.17) is 5.11 Å². The standard InChI is InChI=1S/C6H6N2O3/c1-2-3-4(9)7-6(11)8-5(3)10/h6,11H,1H2,(H,7,9)(H,8,10). The second-order valence-corrected chi connectivity index (χ2v) is 1.90. The fraction of sp³-hybridized carbons (Fsp3) is 0.167. The van der Waals surface area contributed by atoms with E-state index in [1.54, 1.807) is 0 Å². The Hall–Kier alpha value is -1.58. The third kappa shape index (κ3) is 1.29. The highest BCUT2D eigenvalue weighted by molar-refractivity contribution is 6.19. The first-order valence-electron chi connectivity index (χ1n) is 2.85. The molecule has 0 radical (unpaired) electrons. The van der Waals surface area contributed by atoms with Gasteiger partial charge in [0.1, 0.15) is 5.57 Å². The number of carbonyl (C=O) groups excluding carboxylic acids is 2. The van der Waals surface area contributed by atoms with E-state index >= 15 is 0 Å². The molecule has 1 rings (SSSR count). The zero-order valence-corrected chi connectivity index (χ0v) is 5.55. The van der Waals surface area contributed by atoms with Crippen molar-refractivity contribution in [2.75, 3.05) is 0 Å². The zero-order valence-electron chi connectivity index (χ0n) is 5.55. The summed E-state index contributed by atoms with van der Waals surface area (Å²) in [4.78, 5) is 21.5. The third-order valence-corrected chi connectivity index (χ3v) is 1.17. The van der Waals surface area contributed by atoms with E-state index in [2.05, 4.69) is 22.9 Å². The molecule has 0 bridgehead atoms. The number of hydrogen-bond donors (Lipinski definition) is 3. The number of aliphatic hydroxyl groups is 1. The first-order chi connectivity index (χ1) is 5.15. The predicted molar refractivity (Wildman–Crippen MR) is 34.9 cm³/mol. The molecule has 1 aliphatic rings. The van der Waals surface area contributed by atoms with Crippen LogP contribution in [0.15, 0.2) is 17.9 Å². The summed E-state index contributed by atoms with van der Waals surface area (Å²) in [6, 6.07) is 0. The van der Waals surface area contributed by atoms with Crippen molar-refractivity contribution >= 4 is 11.8 Å². The van der Waals surface area contributed by atoms with Crippen molar-refractivity contribution in [2.24, 2.45) is 0 Å². The van der Waals surface area contributed by atoms with Crippen molar-refractivity contribution in [1.29, 1.82) is 0 Å². The molecular weight excluding hydrogens is 148 g/mol. The van der Waals surface area contributed by atoms with Crippen LogP contribution in [0.1, 0.15) is 0 Å². The summed E-state index contributed by atoms with van der Waals surface area (Å²) in [7, 11) is 0. The van der Waals surface area contributed by atoms with E-state index < -0.39 is 18.2 Å². The van der Waals surface area contributed by atoms with Crippen molar-refractivity contribution < 1.29 is 14.7 Å². The Morgan fingerprint density at radius 3 is 2.18 bits per heavy atom. The fourth-order valence-corrected chi connectivity index (χ4v) is 0.692. The maximum Gasteiger partial charge on any atom is 0.268 e. The second kappa shape index (κ2) is 2.57. The van der Waals surface area contributed by atoms with Crippen molar-refractivity contribution in [2.45, 2.75) is 6.35 Å². The van der Waals surface area contributed by atoms with Gasteiger partial charge in [-0.25, -0.2) is 0 Å². The van der Waals surface area contributed by atoms with Crippen LogP contribution in [0.3, 0.4) is 0 Å². The molecule has 1 saturated heterocycles. The van der Waals surface area contributed by atoms with Gasteiger partial charge in [-0.1, -0.05) is 6.58 Å². The summed E-state index contributed by atoms with van der Waals surface area (Å²) in [6.07, 6.45) is -1.31. The fourth-order valence-electron chi connectivity index (χ4n) is 0.692. The highest BCUT2D eigenvalue weighted by Crippen LogP contribution is 1.97. The van der Waals surface area contributed by atoms with Gasteiger partial charge in [0, 0.05) is 0 Å². The number of rotatable bonds is 0. The van der Waals surface area contributed by atoms with Gasteiger partial charge in [0.15, 0.2) is 0 Å². The molecule has 0 saturated carbocycles. The van der Waals surface area contributed by atoms with E-state index in [0.29, 0.717) is 0 Å². The van der Waals surface area contributed by atoms with Crippen LogP contribution in [-0.4, -0.2) is 23.3 Å². The molecule has 0 spiro atoms. The molecule has 3 N–H and O–H groups in total. The third-order valence-electron chi connectivity index (χ3n) is 1.17. The molecule has 1 fully saturated rings. The van der Waals surface area contributed by atoms with Crippen LogP contribution >= 0.6 is 0 Å². The van der Waals surface area contributed by atoms with E-state index in [9.17, 15) is 9.59 Å². The molecule has 58 valence electrons. The predicted octanol–water partition coefficient (Wildman–Crippen LogP) is -1.78. The lowest BCUT2D eigenvalue weighted by atomic mass is 10.2. The molecule has 0 aliphatic carbocycles. The van der Waals surface area contributed by atoms with Gasteiger partial charge in [0.25, 0.3) is 11.8 Å². The molecule has 0 aromatic heterocycles. The van der Waals surface area contributed by atoms with Gasteiger partial charge in [-0.05, 0) is 0 Å². The van der Waals surface area contributed by atoms with Gasteiger partial charge < -0.3 is 15.7 Å². The van der Waals surface area contributed by atoms with Crippen LogP contribution in [0.4, 0.5) is 0 Å². The zero-order chi connectivity index (χ0) is 8.43. The van der Waals surface area contributed by atoms with Crippen LogP contribution in [0.5, 0.6) is 0 Å². The average Bonchev–Trinajstić information content (AvgIpc) is 1.85. The Morgan fingerprint density at radius 1 is 1.36 bits per heavy atom. The Kier molecular flexibility index (Phi) is 1.76. The summed E-state index contributed by atoms with van der Waals surface area (Å²) in [5, 5.41) is 12.8. The maximum atomic E-state index is 10.8. The molecule has 1 heterocycles. The van der Waals surface area contributed by atoms with E-state index in [1.807, 2.05) is 0 Å². The van der Waals surface area contributed by atoms with Crippen LogP contribution in [-0.2, 0) is 9.59 Å². The minimum absolute atomic E-state index is 0.213. The lowest BCUT2D eigenvalue weighted by Crippen LogP contribution is -2.55. The highest BCUT2D eigenvalue weighted by Gasteiger charge is 2.26. The number of nitrogens with one attached hydrogen (secondary N) is 2. The lowest BCUT2D eigenvalue weighted by molar-refractivity contribution is -0.132. The molecule has 2 amide bonds. The molecule has 0 aromatic carbocycles. The largest absolute Gasteiger partial charge is 0.356 e. The smallest absolute Gasteiger partial charge is 0.268 e. The summed E-state index contributed by atoms with van der Waals surface area (Å²) in [6.45, 7) is 3.14. The molecule has 0 atom stereocenters. The molecule has 5 nitrogen and oxygen atoms in total. The van der Waals surface area contributed by atoms with Crippen LogP contribution in [0.25, 0.3) is 0 Å². The summed E-state index contributed by atoms with van der Waals surface area (Å²) in [5.41, 5.74) is 1.94. The Labute approximate surface area is 62.4 Å². The van der Waals surface area contributed by atoms with Gasteiger partial charge in [-0.3, -0.25) is 9.59 Å². The highest BCUT2D eigenvalue weighted by atomic mass is 16.3. The summed E-state index contributed by atoms with van der Waals surface area (Å²) >= 11 is 0. The summed E-state index contributed by atoms with van der Waals surface area (Å²) in [5.74, 6) is -1.34. The van der Waals surface area contributed by atoms with E-state index in [1.165, 1.54) is 0 Å². The molecular formula is C6H6N2O3. The van der Waals surface area contributed by atoms with Gasteiger partial charge in [0.05, 0.1) is 0 Å². The molecule has 0 aromatic rings. The first-order valence-corrected chi connectivity index (χ1v) is 2.85. The second-order valence-electron chi connectivity index (χ2n) is 1.90. The van der Waals surface area contributed by atoms with Gasteiger partial charge in [0.2, 0.25) is 6.35 Å². The normalized spacial score (nSPS) is 23.7. The van der Waals surface area contributed by atoms with Crippen LogP contribution in [0, 0.1) is 0 Å². The molecule has 0 unspecified atom stereocenters. The molecule has 11 heavy (non-hydrogen) atoms.